The van der Waals surface area contributed by atoms with E-state index in [1.807, 2.05) is 0 Å². The predicted molar refractivity (Wildman–Crippen MR) is 119 cm³/mol. The van der Waals surface area contributed by atoms with Crippen LogP contribution in [0.4, 0.5) is 21.5 Å². The van der Waals surface area contributed by atoms with Crippen LogP contribution < -0.4 is 9.80 Å². The molecule has 1 aliphatic heterocycles. The van der Waals surface area contributed by atoms with Gasteiger partial charge in [0.05, 0.1) is 12.1 Å². The van der Waals surface area contributed by atoms with Gasteiger partial charge in [0.15, 0.2) is 10.8 Å². The monoisotopic (exact) mass is 424 g/mol. The molecule has 0 atom stereocenters. The lowest BCUT2D eigenvalue weighted by atomic mass is 10.0. The van der Waals surface area contributed by atoms with E-state index in [2.05, 4.69) is 4.85 Å². The molecule has 1 fully saturated rings. The lowest BCUT2D eigenvalue weighted by Crippen LogP contribution is -2.44. The highest BCUT2D eigenvalue weighted by atomic mass is 32.1. The normalized spacial score (nSPS) is 15.4. The molecule has 6 nitrogen and oxygen atoms in total. The third-order valence-corrected chi connectivity index (χ3v) is 5.44. The van der Waals surface area contributed by atoms with Gasteiger partial charge in [-0.2, -0.15) is 0 Å². The summed E-state index contributed by atoms with van der Waals surface area (Å²) in [5.74, 6) is -1.40. The van der Waals surface area contributed by atoms with Crippen LogP contribution in [0.2, 0.25) is 0 Å². The molecule has 1 heterocycles. The maximum atomic E-state index is 14.7. The molecule has 2 amide bonds. The number of carbonyl (C=O) groups excluding carboxylic acids is 2. The summed E-state index contributed by atoms with van der Waals surface area (Å²) in [5, 5.41) is 0.200. The fourth-order valence-electron chi connectivity index (χ4n) is 3.42. The highest BCUT2D eigenvalue weighted by Gasteiger charge is 2.50. The predicted octanol–water partition coefficient (Wildman–Crippen LogP) is 4.30. The summed E-state index contributed by atoms with van der Waals surface area (Å²) in [5.41, 5.74) is 1.03. The zero-order valence-corrected chi connectivity index (χ0v) is 18.2. The summed E-state index contributed by atoms with van der Waals surface area (Å²) in [6, 6.07) is 9.24. The highest BCUT2D eigenvalue weighted by molar-refractivity contribution is 7.81. The van der Waals surface area contributed by atoms with Crippen LogP contribution in [-0.4, -0.2) is 41.5 Å². The van der Waals surface area contributed by atoms with Gasteiger partial charge in [-0.15, -0.1) is 0 Å². The summed E-state index contributed by atoms with van der Waals surface area (Å²) in [6.45, 7) is 12.4. The zero-order chi connectivity index (χ0) is 22.4. The van der Waals surface area contributed by atoms with Crippen molar-refractivity contribution in [3.63, 3.8) is 0 Å². The van der Waals surface area contributed by atoms with Crippen molar-refractivity contribution in [2.75, 3.05) is 23.9 Å². The molecule has 0 bridgehead atoms. The Morgan fingerprint density at radius 3 is 2.33 bits per heavy atom. The topological polar surface area (TPSA) is 48.2 Å². The molecule has 0 spiro atoms. The molecule has 2 aromatic carbocycles. The lowest BCUT2D eigenvalue weighted by Gasteiger charge is -2.29. The molecular weight excluding hydrogens is 403 g/mol. The van der Waals surface area contributed by atoms with Gasteiger partial charge in [0.1, 0.15) is 11.4 Å². The summed E-state index contributed by atoms with van der Waals surface area (Å²) >= 11 is 5.60. The standard InChI is InChI=1S/C22H21FN4O2S/c1-13-11-14(8-10-18(13)24-4)26-20(29)22(2,3)27(21(26)30)15-7-9-16(17(23)12-15)19(28)25(5)6/h7-12H,1-3,5-6H3. The van der Waals surface area contributed by atoms with Crippen LogP contribution in [0, 0.1) is 19.3 Å². The number of aryl methyl sites for hydroxylation is 1. The van der Waals surface area contributed by atoms with E-state index < -0.39 is 17.3 Å². The van der Waals surface area contributed by atoms with Gasteiger partial charge < -0.3 is 9.80 Å². The van der Waals surface area contributed by atoms with Gasteiger partial charge in [0, 0.05) is 25.5 Å². The van der Waals surface area contributed by atoms with Crippen LogP contribution in [0.1, 0.15) is 29.8 Å². The van der Waals surface area contributed by atoms with E-state index >= 15 is 0 Å². The Hall–Kier alpha value is -3.31. The third-order valence-electron chi connectivity index (χ3n) is 5.07. The fraction of sp³-hybridized carbons (Fsp3) is 0.273. The summed E-state index contributed by atoms with van der Waals surface area (Å²) < 4.78 is 14.7. The molecule has 1 aliphatic rings. The van der Waals surface area contributed by atoms with Crippen LogP contribution in [0.25, 0.3) is 4.85 Å². The molecule has 0 aromatic heterocycles. The van der Waals surface area contributed by atoms with E-state index in [1.165, 1.54) is 21.9 Å². The molecule has 3 rings (SSSR count). The van der Waals surface area contributed by atoms with Gasteiger partial charge in [-0.05, 0) is 68.9 Å². The Bertz CT molecular complexity index is 1120. The Morgan fingerprint density at radius 1 is 1.17 bits per heavy atom. The van der Waals surface area contributed by atoms with Crippen molar-refractivity contribution in [3.8, 4) is 0 Å². The molecule has 0 saturated carbocycles. The van der Waals surface area contributed by atoms with Crippen molar-refractivity contribution in [2.45, 2.75) is 26.3 Å². The average Bonchev–Trinajstić information content (AvgIpc) is 2.85. The number of hydrogen-bond acceptors (Lipinski definition) is 3. The smallest absolute Gasteiger partial charge is 0.259 e. The van der Waals surface area contributed by atoms with Gasteiger partial charge in [-0.1, -0.05) is 6.07 Å². The van der Waals surface area contributed by atoms with E-state index in [0.717, 1.165) is 5.56 Å². The third kappa shape index (κ3) is 3.31. The molecule has 0 aliphatic carbocycles. The quantitative estimate of drug-likeness (QED) is 0.544. The van der Waals surface area contributed by atoms with Crippen molar-refractivity contribution < 1.29 is 14.0 Å². The second kappa shape index (κ2) is 7.50. The first-order valence-corrected chi connectivity index (χ1v) is 9.59. The van der Waals surface area contributed by atoms with Gasteiger partial charge in [0.25, 0.3) is 11.8 Å². The second-order valence-corrected chi connectivity index (χ2v) is 8.13. The summed E-state index contributed by atoms with van der Waals surface area (Å²) in [6.07, 6.45) is 0. The highest BCUT2D eigenvalue weighted by Crippen LogP contribution is 2.38. The lowest BCUT2D eigenvalue weighted by molar-refractivity contribution is -0.120. The molecule has 0 N–H and O–H groups in total. The summed E-state index contributed by atoms with van der Waals surface area (Å²) in [7, 11) is 3.10. The number of amides is 2. The van der Waals surface area contributed by atoms with Crippen molar-refractivity contribution >= 4 is 46.2 Å². The number of nitrogens with zero attached hydrogens (tertiary/aromatic N) is 4. The number of carbonyl (C=O) groups is 2. The van der Waals surface area contributed by atoms with Gasteiger partial charge in [0.2, 0.25) is 0 Å². The van der Waals surface area contributed by atoms with E-state index in [9.17, 15) is 14.0 Å². The Morgan fingerprint density at radius 2 is 1.80 bits per heavy atom. The number of anilines is 2. The average molecular weight is 425 g/mol. The van der Waals surface area contributed by atoms with Crippen LogP contribution in [0.3, 0.4) is 0 Å². The van der Waals surface area contributed by atoms with Crippen molar-refractivity contribution in [2.24, 2.45) is 0 Å². The van der Waals surface area contributed by atoms with Crippen LogP contribution in [0.5, 0.6) is 0 Å². The van der Waals surface area contributed by atoms with E-state index in [1.54, 1.807) is 64.0 Å². The second-order valence-electron chi connectivity index (χ2n) is 7.76. The number of halogens is 1. The molecule has 0 unspecified atom stereocenters. The van der Waals surface area contributed by atoms with Gasteiger partial charge >= 0.3 is 0 Å². The fourth-order valence-corrected chi connectivity index (χ4v) is 3.94. The minimum absolute atomic E-state index is 0.0554. The molecular formula is C22H21FN4O2S. The van der Waals surface area contributed by atoms with Crippen molar-refractivity contribution in [3.05, 3.63) is 64.8 Å². The maximum absolute atomic E-state index is 14.7. The molecule has 2 aromatic rings. The number of benzene rings is 2. The largest absolute Gasteiger partial charge is 0.345 e. The minimum atomic E-state index is -1.07. The molecule has 1 saturated heterocycles. The first kappa shape index (κ1) is 21.4. The Kier molecular flexibility index (Phi) is 5.35. The van der Waals surface area contributed by atoms with Crippen LogP contribution in [0.15, 0.2) is 36.4 Å². The van der Waals surface area contributed by atoms with E-state index in [4.69, 9.17) is 18.8 Å². The zero-order valence-electron chi connectivity index (χ0n) is 17.4. The molecule has 0 radical (unpaired) electrons. The first-order valence-electron chi connectivity index (χ1n) is 9.18. The Labute approximate surface area is 180 Å². The van der Waals surface area contributed by atoms with Crippen molar-refractivity contribution in [1.82, 2.24) is 4.90 Å². The van der Waals surface area contributed by atoms with E-state index in [-0.39, 0.29) is 16.6 Å². The number of hydrogen-bond donors (Lipinski definition) is 0. The van der Waals surface area contributed by atoms with Gasteiger partial charge in [-0.25, -0.2) is 9.24 Å². The van der Waals surface area contributed by atoms with Gasteiger partial charge in [-0.3, -0.25) is 14.5 Å². The maximum Gasteiger partial charge on any atom is 0.259 e. The SMILES string of the molecule is [C-]#[N+]c1ccc(N2C(=O)C(C)(C)N(c3ccc(C(=O)N(C)C)c(F)c3)C2=S)cc1C. The van der Waals surface area contributed by atoms with Crippen LogP contribution >= 0.6 is 12.2 Å². The van der Waals surface area contributed by atoms with Crippen molar-refractivity contribution in [1.29, 1.82) is 0 Å². The molecule has 154 valence electrons. The number of rotatable bonds is 3. The molecule has 8 heteroatoms. The number of thiocarbonyl (C=S) groups is 1. The Balaban J connectivity index is 2.05. The van der Waals surface area contributed by atoms with Crippen LogP contribution in [-0.2, 0) is 4.79 Å². The minimum Gasteiger partial charge on any atom is -0.345 e. The van der Waals surface area contributed by atoms with E-state index in [0.29, 0.717) is 17.1 Å². The first-order chi connectivity index (χ1) is 14.0. The summed E-state index contributed by atoms with van der Waals surface area (Å²) in [4.78, 5) is 33.1. The molecule has 30 heavy (non-hydrogen) atoms.